The first-order chi connectivity index (χ1) is 9.13. The molecule has 1 heterocycles. The van der Waals surface area contributed by atoms with Crippen LogP contribution in [-0.4, -0.2) is 68.6 Å². The minimum atomic E-state index is -1.03. The maximum Gasteiger partial charge on any atom is 0.323 e. The van der Waals surface area contributed by atoms with Crippen LogP contribution >= 0.6 is 0 Å². The molecule has 7 heteroatoms. The Labute approximate surface area is 112 Å². The normalized spacial score (nSPS) is 18.3. The van der Waals surface area contributed by atoms with Crippen LogP contribution in [0.25, 0.3) is 0 Å². The number of nitrogens with one attached hydrogen (secondary N) is 1. The van der Waals surface area contributed by atoms with E-state index in [4.69, 9.17) is 14.6 Å². The molecule has 2 amide bonds. The van der Waals surface area contributed by atoms with Gasteiger partial charge in [-0.3, -0.25) is 4.79 Å². The number of rotatable bonds is 8. The molecule has 0 aromatic carbocycles. The topological polar surface area (TPSA) is 88.1 Å². The molecule has 0 aliphatic carbocycles. The molecule has 0 spiro atoms. The van der Waals surface area contributed by atoms with E-state index in [-0.39, 0.29) is 19.1 Å². The molecule has 1 aliphatic rings. The molecule has 0 radical (unpaired) electrons. The van der Waals surface area contributed by atoms with Gasteiger partial charge in [0.2, 0.25) is 0 Å². The summed E-state index contributed by atoms with van der Waals surface area (Å²) in [6, 6.07) is -0.363. The number of nitrogens with zero attached hydrogens (tertiary/aromatic N) is 1. The molecule has 110 valence electrons. The number of urea groups is 1. The Bertz CT molecular complexity index is 292. The summed E-state index contributed by atoms with van der Waals surface area (Å²) in [7, 11) is 1.51. The van der Waals surface area contributed by atoms with Gasteiger partial charge in [-0.1, -0.05) is 0 Å². The number of amides is 2. The van der Waals surface area contributed by atoms with Crippen molar-refractivity contribution in [3.63, 3.8) is 0 Å². The van der Waals surface area contributed by atoms with E-state index in [0.29, 0.717) is 19.1 Å². The second-order valence-corrected chi connectivity index (χ2v) is 4.56. The lowest BCUT2D eigenvalue weighted by Gasteiger charge is -2.21. The van der Waals surface area contributed by atoms with E-state index < -0.39 is 5.97 Å². The van der Waals surface area contributed by atoms with Gasteiger partial charge in [-0.2, -0.15) is 0 Å². The van der Waals surface area contributed by atoms with Gasteiger partial charge in [0.25, 0.3) is 0 Å². The van der Waals surface area contributed by atoms with E-state index in [1.807, 2.05) is 0 Å². The second kappa shape index (κ2) is 8.71. The number of carboxylic acids is 1. The predicted octanol–water partition coefficient (Wildman–Crippen LogP) is 0.156. The molecule has 1 saturated heterocycles. The van der Waals surface area contributed by atoms with Crippen LogP contribution in [0.5, 0.6) is 0 Å². The number of aliphatic carboxylic acids is 1. The summed E-state index contributed by atoms with van der Waals surface area (Å²) >= 11 is 0. The van der Waals surface area contributed by atoms with Crippen molar-refractivity contribution in [3.8, 4) is 0 Å². The minimum absolute atomic E-state index is 0.265. The standard InChI is InChI=1S/C12H22N2O5/c1-18-7-5-14(8-11(15)16)12(17)13-4-2-10-3-6-19-9-10/h10H,2-9H2,1H3,(H,13,17)(H,15,16). The highest BCUT2D eigenvalue weighted by Crippen LogP contribution is 2.15. The number of carbonyl (C=O) groups excluding carboxylic acids is 1. The highest BCUT2D eigenvalue weighted by molar-refractivity contribution is 5.80. The summed E-state index contributed by atoms with van der Waals surface area (Å²) in [5, 5.41) is 11.5. The zero-order valence-electron chi connectivity index (χ0n) is 11.3. The number of ether oxygens (including phenoxy) is 2. The maximum atomic E-state index is 11.8. The van der Waals surface area contributed by atoms with Crippen molar-refractivity contribution in [1.29, 1.82) is 0 Å². The summed E-state index contributed by atoms with van der Waals surface area (Å²) in [5.41, 5.74) is 0. The Morgan fingerprint density at radius 1 is 1.53 bits per heavy atom. The fourth-order valence-electron chi connectivity index (χ4n) is 1.92. The molecule has 1 aliphatic heterocycles. The lowest BCUT2D eigenvalue weighted by Crippen LogP contribution is -2.44. The quantitative estimate of drug-likeness (QED) is 0.658. The number of carboxylic acid groups (broad SMARTS) is 1. The number of carbonyl (C=O) groups is 2. The third kappa shape index (κ3) is 6.40. The van der Waals surface area contributed by atoms with E-state index in [1.165, 1.54) is 12.0 Å². The van der Waals surface area contributed by atoms with Gasteiger partial charge in [0, 0.05) is 33.4 Å². The molecule has 0 aromatic rings. The van der Waals surface area contributed by atoms with Gasteiger partial charge >= 0.3 is 12.0 Å². The van der Waals surface area contributed by atoms with Crippen molar-refractivity contribution < 1.29 is 24.2 Å². The molecule has 19 heavy (non-hydrogen) atoms. The van der Waals surface area contributed by atoms with E-state index in [0.717, 1.165) is 26.1 Å². The Hall–Kier alpha value is -1.34. The highest BCUT2D eigenvalue weighted by atomic mass is 16.5. The van der Waals surface area contributed by atoms with Crippen LogP contribution in [0.3, 0.4) is 0 Å². The summed E-state index contributed by atoms with van der Waals surface area (Å²) in [4.78, 5) is 23.7. The first kappa shape index (κ1) is 15.7. The van der Waals surface area contributed by atoms with Crippen LogP contribution < -0.4 is 5.32 Å². The minimum Gasteiger partial charge on any atom is -0.480 e. The first-order valence-corrected chi connectivity index (χ1v) is 6.44. The lowest BCUT2D eigenvalue weighted by atomic mass is 10.1. The molecular weight excluding hydrogens is 252 g/mol. The van der Waals surface area contributed by atoms with Gasteiger partial charge in [-0.05, 0) is 18.8 Å². The van der Waals surface area contributed by atoms with E-state index in [9.17, 15) is 9.59 Å². The van der Waals surface area contributed by atoms with Gasteiger partial charge < -0.3 is 24.8 Å². The number of methoxy groups -OCH3 is 1. The Balaban J connectivity index is 2.26. The fraction of sp³-hybridized carbons (Fsp3) is 0.833. The third-order valence-electron chi connectivity index (χ3n) is 3.03. The number of hydrogen-bond acceptors (Lipinski definition) is 4. The molecule has 7 nitrogen and oxygen atoms in total. The SMILES string of the molecule is COCCN(CC(=O)O)C(=O)NCCC1CCOC1. The van der Waals surface area contributed by atoms with Crippen molar-refractivity contribution in [2.45, 2.75) is 12.8 Å². The third-order valence-corrected chi connectivity index (χ3v) is 3.03. The lowest BCUT2D eigenvalue weighted by molar-refractivity contribution is -0.137. The van der Waals surface area contributed by atoms with E-state index in [1.54, 1.807) is 0 Å². The summed E-state index contributed by atoms with van der Waals surface area (Å²) < 4.78 is 10.1. The Kier molecular flexibility index (Phi) is 7.20. The summed E-state index contributed by atoms with van der Waals surface area (Å²) in [5.74, 6) is -0.539. The molecule has 1 fully saturated rings. The summed E-state index contributed by atoms with van der Waals surface area (Å²) in [6.07, 6.45) is 1.88. The molecule has 1 unspecified atom stereocenters. The Morgan fingerprint density at radius 3 is 2.89 bits per heavy atom. The van der Waals surface area contributed by atoms with E-state index in [2.05, 4.69) is 5.32 Å². The first-order valence-electron chi connectivity index (χ1n) is 6.44. The average Bonchev–Trinajstić information content (AvgIpc) is 2.87. The highest BCUT2D eigenvalue weighted by Gasteiger charge is 2.18. The van der Waals surface area contributed by atoms with Crippen LogP contribution in [0.2, 0.25) is 0 Å². The van der Waals surface area contributed by atoms with Gasteiger partial charge in [0.1, 0.15) is 6.54 Å². The van der Waals surface area contributed by atoms with Gasteiger partial charge in [0.05, 0.1) is 6.61 Å². The molecule has 0 saturated carbocycles. The van der Waals surface area contributed by atoms with Crippen LogP contribution in [0, 0.1) is 5.92 Å². The van der Waals surface area contributed by atoms with Crippen molar-refractivity contribution in [1.82, 2.24) is 10.2 Å². The van der Waals surface area contributed by atoms with Crippen LogP contribution in [0.4, 0.5) is 4.79 Å². The second-order valence-electron chi connectivity index (χ2n) is 4.56. The largest absolute Gasteiger partial charge is 0.480 e. The molecule has 1 rings (SSSR count). The van der Waals surface area contributed by atoms with Gasteiger partial charge in [-0.15, -0.1) is 0 Å². The fourth-order valence-corrected chi connectivity index (χ4v) is 1.92. The smallest absolute Gasteiger partial charge is 0.323 e. The molecule has 2 N–H and O–H groups in total. The van der Waals surface area contributed by atoms with E-state index >= 15 is 0 Å². The molecule has 0 aromatic heterocycles. The van der Waals surface area contributed by atoms with Crippen molar-refractivity contribution in [3.05, 3.63) is 0 Å². The maximum absolute atomic E-state index is 11.8. The Morgan fingerprint density at radius 2 is 2.32 bits per heavy atom. The number of hydrogen-bond donors (Lipinski definition) is 2. The molecule has 1 atom stereocenters. The molecule has 0 bridgehead atoms. The van der Waals surface area contributed by atoms with Gasteiger partial charge in [-0.25, -0.2) is 4.79 Å². The van der Waals surface area contributed by atoms with Crippen molar-refractivity contribution in [2.24, 2.45) is 5.92 Å². The average molecular weight is 274 g/mol. The van der Waals surface area contributed by atoms with Crippen molar-refractivity contribution in [2.75, 3.05) is 46.6 Å². The molecular formula is C12H22N2O5. The predicted molar refractivity (Wildman–Crippen MR) is 68.0 cm³/mol. The zero-order valence-corrected chi connectivity index (χ0v) is 11.3. The monoisotopic (exact) mass is 274 g/mol. The van der Waals surface area contributed by atoms with Crippen LogP contribution in [-0.2, 0) is 14.3 Å². The zero-order chi connectivity index (χ0) is 14.1. The van der Waals surface area contributed by atoms with Crippen LogP contribution in [0.15, 0.2) is 0 Å². The van der Waals surface area contributed by atoms with Crippen molar-refractivity contribution >= 4 is 12.0 Å². The van der Waals surface area contributed by atoms with Gasteiger partial charge in [0.15, 0.2) is 0 Å². The van der Waals surface area contributed by atoms with Crippen LogP contribution in [0.1, 0.15) is 12.8 Å². The summed E-state index contributed by atoms with van der Waals surface area (Å²) in [6.45, 7) is 2.34.